The lowest BCUT2D eigenvalue weighted by Gasteiger charge is -2.12. The zero-order valence-corrected chi connectivity index (χ0v) is 10.2. The third kappa shape index (κ3) is 3.31. The number of benzene rings is 1. The molecule has 2 rings (SSSR count). The van der Waals surface area contributed by atoms with Crippen LogP contribution in [0.4, 0.5) is 22.4 Å². The van der Waals surface area contributed by atoms with Gasteiger partial charge >= 0.3 is 6.09 Å². The Morgan fingerprint density at radius 2 is 2.00 bits per heavy atom. The van der Waals surface area contributed by atoms with E-state index in [0.717, 1.165) is 12.1 Å². The first-order valence-corrected chi connectivity index (χ1v) is 5.80. The molecule has 0 bridgehead atoms. The highest BCUT2D eigenvalue weighted by molar-refractivity contribution is 5.70. The summed E-state index contributed by atoms with van der Waals surface area (Å²) < 4.78 is 60.5. The first-order valence-electron chi connectivity index (χ1n) is 5.80. The van der Waals surface area contributed by atoms with E-state index >= 15 is 0 Å². The molecule has 1 amide bonds. The molecule has 1 aromatic rings. The lowest BCUT2D eigenvalue weighted by atomic mass is 10.1. The number of amides is 1. The molecule has 1 atom stereocenters. The minimum Gasteiger partial charge on any atom is -0.487 e. The average Bonchev–Trinajstić information content (AvgIpc) is 2.79. The standard InChI is InChI=1S/C12H11F4NO3/c13-7-3-6(9-5-20-12(18)17-9)4-8(14)11(7)19-2-1-10(15)16/h3-4,9-10H,1-2,5H2,(H,17,18). The number of rotatable bonds is 5. The Kier molecular flexibility index (Phi) is 4.31. The Hall–Kier alpha value is -1.99. The van der Waals surface area contributed by atoms with E-state index in [-0.39, 0.29) is 12.2 Å². The van der Waals surface area contributed by atoms with E-state index in [1.165, 1.54) is 0 Å². The number of carbonyl (C=O) groups is 1. The molecule has 1 saturated heterocycles. The monoisotopic (exact) mass is 293 g/mol. The average molecular weight is 293 g/mol. The molecule has 0 aromatic heterocycles. The van der Waals surface area contributed by atoms with Gasteiger partial charge in [-0.15, -0.1) is 0 Å². The second-order valence-corrected chi connectivity index (χ2v) is 4.14. The van der Waals surface area contributed by atoms with Gasteiger partial charge in [0, 0.05) is 6.42 Å². The maximum absolute atomic E-state index is 13.7. The van der Waals surface area contributed by atoms with Crippen molar-refractivity contribution in [2.24, 2.45) is 0 Å². The smallest absolute Gasteiger partial charge is 0.407 e. The van der Waals surface area contributed by atoms with E-state index in [4.69, 9.17) is 0 Å². The van der Waals surface area contributed by atoms with Crippen LogP contribution in [-0.4, -0.2) is 25.7 Å². The van der Waals surface area contributed by atoms with Gasteiger partial charge in [-0.1, -0.05) is 0 Å². The quantitative estimate of drug-likeness (QED) is 0.849. The molecule has 1 fully saturated rings. The molecule has 20 heavy (non-hydrogen) atoms. The molecule has 0 spiro atoms. The zero-order valence-electron chi connectivity index (χ0n) is 10.2. The fraction of sp³-hybridized carbons (Fsp3) is 0.417. The van der Waals surface area contributed by atoms with Crippen LogP contribution in [0.3, 0.4) is 0 Å². The molecule has 0 saturated carbocycles. The second kappa shape index (κ2) is 5.98. The van der Waals surface area contributed by atoms with Gasteiger partial charge in [-0.2, -0.15) is 0 Å². The zero-order chi connectivity index (χ0) is 14.7. The van der Waals surface area contributed by atoms with Crippen LogP contribution in [0.25, 0.3) is 0 Å². The lowest BCUT2D eigenvalue weighted by Crippen LogP contribution is -2.18. The number of hydrogen-bond donors (Lipinski definition) is 1. The maximum Gasteiger partial charge on any atom is 0.407 e. The SMILES string of the molecule is O=C1NC(c2cc(F)c(OCCC(F)F)c(F)c2)CO1. The second-order valence-electron chi connectivity index (χ2n) is 4.14. The van der Waals surface area contributed by atoms with E-state index in [0.29, 0.717) is 0 Å². The summed E-state index contributed by atoms with van der Waals surface area (Å²) in [5.41, 5.74) is 0.173. The van der Waals surface area contributed by atoms with Gasteiger partial charge in [0.1, 0.15) is 6.61 Å². The number of ether oxygens (including phenoxy) is 2. The van der Waals surface area contributed by atoms with Gasteiger partial charge in [-0.3, -0.25) is 0 Å². The van der Waals surface area contributed by atoms with Crippen molar-refractivity contribution in [2.45, 2.75) is 18.9 Å². The minimum absolute atomic E-state index is 0.0384. The molecule has 1 N–H and O–H groups in total. The van der Waals surface area contributed by atoms with Gasteiger partial charge in [0.05, 0.1) is 12.6 Å². The summed E-state index contributed by atoms with van der Waals surface area (Å²) in [6.45, 7) is -0.530. The number of alkyl halides is 2. The van der Waals surface area contributed by atoms with Crippen molar-refractivity contribution >= 4 is 6.09 Å². The molecular weight excluding hydrogens is 282 g/mol. The Morgan fingerprint density at radius 1 is 1.35 bits per heavy atom. The van der Waals surface area contributed by atoms with Crippen molar-refractivity contribution in [1.29, 1.82) is 0 Å². The normalized spacial score (nSPS) is 18.1. The van der Waals surface area contributed by atoms with Gasteiger partial charge in [0.25, 0.3) is 0 Å². The number of nitrogens with one attached hydrogen (secondary N) is 1. The van der Waals surface area contributed by atoms with Crippen LogP contribution >= 0.6 is 0 Å². The van der Waals surface area contributed by atoms with Gasteiger partial charge in [-0.25, -0.2) is 22.4 Å². The van der Waals surface area contributed by atoms with Crippen LogP contribution in [0.5, 0.6) is 5.75 Å². The molecule has 4 nitrogen and oxygen atoms in total. The summed E-state index contributed by atoms with van der Waals surface area (Å²) in [7, 11) is 0. The largest absolute Gasteiger partial charge is 0.487 e. The van der Waals surface area contributed by atoms with Crippen LogP contribution in [0, 0.1) is 11.6 Å². The molecule has 110 valence electrons. The maximum atomic E-state index is 13.7. The van der Waals surface area contributed by atoms with Crippen LogP contribution in [0.15, 0.2) is 12.1 Å². The van der Waals surface area contributed by atoms with Crippen LogP contribution < -0.4 is 10.1 Å². The summed E-state index contributed by atoms with van der Waals surface area (Å²) >= 11 is 0. The van der Waals surface area contributed by atoms with E-state index in [1.54, 1.807) is 0 Å². The van der Waals surface area contributed by atoms with Crippen molar-refractivity contribution in [2.75, 3.05) is 13.2 Å². The molecule has 0 radical (unpaired) electrons. The molecule has 1 aliphatic rings. The van der Waals surface area contributed by atoms with E-state index in [9.17, 15) is 22.4 Å². The third-order valence-corrected chi connectivity index (χ3v) is 2.68. The minimum atomic E-state index is -2.61. The number of hydrogen-bond acceptors (Lipinski definition) is 3. The van der Waals surface area contributed by atoms with Crippen LogP contribution in [-0.2, 0) is 4.74 Å². The summed E-state index contributed by atoms with van der Waals surface area (Å²) in [6, 6.07) is 1.29. The lowest BCUT2D eigenvalue weighted by molar-refractivity contribution is 0.111. The van der Waals surface area contributed by atoms with Crippen molar-refractivity contribution in [3.63, 3.8) is 0 Å². The fourth-order valence-electron chi connectivity index (χ4n) is 1.73. The Bertz CT molecular complexity index is 486. The molecule has 1 unspecified atom stereocenters. The predicted octanol–water partition coefficient (Wildman–Crippen LogP) is 2.78. The predicted molar refractivity (Wildman–Crippen MR) is 59.7 cm³/mol. The van der Waals surface area contributed by atoms with Gasteiger partial charge in [0.15, 0.2) is 17.4 Å². The molecule has 0 aliphatic carbocycles. The van der Waals surface area contributed by atoms with Gasteiger partial charge in [0.2, 0.25) is 6.43 Å². The van der Waals surface area contributed by atoms with Crippen molar-refractivity contribution < 1.29 is 31.8 Å². The fourth-order valence-corrected chi connectivity index (χ4v) is 1.73. The van der Waals surface area contributed by atoms with Crippen molar-refractivity contribution in [1.82, 2.24) is 5.32 Å². The number of cyclic esters (lactones) is 1. The highest BCUT2D eigenvalue weighted by Gasteiger charge is 2.26. The van der Waals surface area contributed by atoms with Crippen LogP contribution in [0.2, 0.25) is 0 Å². The number of alkyl carbamates (subject to hydrolysis) is 1. The highest BCUT2D eigenvalue weighted by Crippen LogP contribution is 2.28. The molecule has 1 aliphatic heterocycles. The van der Waals surface area contributed by atoms with E-state index in [2.05, 4.69) is 14.8 Å². The molecule has 1 aromatic carbocycles. The van der Waals surface area contributed by atoms with E-state index < -0.39 is 49.0 Å². The Labute approximate surface area is 111 Å². The Morgan fingerprint density at radius 3 is 2.50 bits per heavy atom. The molecular formula is C12H11F4NO3. The molecule has 8 heteroatoms. The Balaban J connectivity index is 2.10. The van der Waals surface area contributed by atoms with Gasteiger partial charge < -0.3 is 14.8 Å². The summed E-state index contributed by atoms with van der Waals surface area (Å²) in [4.78, 5) is 10.9. The highest BCUT2D eigenvalue weighted by atomic mass is 19.3. The molecule has 1 heterocycles. The van der Waals surface area contributed by atoms with Crippen molar-refractivity contribution in [3.8, 4) is 5.75 Å². The van der Waals surface area contributed by atoms with Crippen LogP contribution in [0.1, 0.15) is 18.0 Å². The van der Waals surface area contributed by atoms with Crippen molar-refractivity contribution in [3.05, 3.63) is 29.3 Å². The number of carbonyl (C=O) groups excluding carboxylic acids is 1. The summed E-state index contributed by atoms with van der Waals surface area (Å²) in [5, 5.41) is 2.37. The topological polar surface area (TPSA) is 47.6 Å². The first-order chi connectivity index (χ1) is 9.47. The summed E-state index contributed by atoms with van der Waals surface area (Å²) in [5.74, 6) is -2.74. The van der Waals surface area contributed by atoms with E-state index in [1.807, 2.05) is 0 Å². The van der Waals surface area contributed by atoms with Gasteiger partial charge in [-0.05, 0) is 17.7 Å². The third-order valence-electron chi connectivity index (χ3n) is 2.68. The summed E-state index contributed by atoms with van der Waals surface area (Å²) in [6.07, 6.45) is -3.90. The number of halogens is 4. The first kappa shape index (κ1) is 14.4.